The van der Waals surface area contributed by atoms with Crippen LogP contribution in [0, 0.1) is 0 Å². The van der Waals surface area contributed by atoms with Crippen LogP contribution in [0.4, 0.5) is 0 Å². The Morgan fingerprint density at radius 3 is 2.86 bits per heavy atom. The van der Waals surface area contributed by atoms with Crippen LogP contribution in [0.1, 0.15) is 35.7 Å². The van der Waals surface area contributed by atoms with E-state index in [-0.39, 0.29) is 0 Å². The summed E-state index contributed by atoms with van der Waals surface area (Å²) in [4.78, 5) is 7.32. The first-order valence-electron chi connectivity index (χ1n) is 8.02. The summed E-state index contributed by atoms with van der Waals surface area (Å²) < 4.78 is 5.44. The SMILES string of the molecule is COc1ccccc1Cc1cccc([C@@H]2CCCN(C)C2)n1. The minimum Gasteiger partial charge on any atom is -0.496 e. The number of para-hydroxylation sites is 1. The van der Waals surface area contributed by atoms with Crippen molar-refractivity contribution < 1.29 is 4.74 Å². The number of benzene rings is 1. The van der Waals surface area contributed by atoms with Gasteiger partial charge in [0.25, 0.3) is 0 Å². The molecule has 3 nitrogen and oxygen atoms in total. The van der Waals surface area contributed by atoms with Gasteiger partial charge in [-0.3, -0.25) is 4.98 Å². The van der Waals surface area contributed by atoms with E-state index in [1.54, 1.807) is 7.11 Å². The molecule has 3 rings (SSSR count). The fourth-order valence-electron chi connectivity index (χ4n) is 3.28. The average Bonchev–Trinajstić information content (AvgIpc) is 2.56. The standard InChI is InChI=1S/C19H24N2O/c1-21-12-6-8-16(14-21)18-10-5-9-17(20-18)13-15-7-3-4-11-19(15)22-2/h3-5,7,9-11,16H,6,8,12-14H2,1-2H3/t16-/m1/s1. The highest BCUT2D eigenvalue weighted by molar-refractivity contribution is 5.36. The zero-order valence-electron chi connectivity index (χ0n) is 13.5. The molecule has 0 spiro atoms. The maximum atomic E-state index is 5.44. The second kappa shape index (κ2) is 6.93. The van der Waals surface area contributed by atoms with Crippen LogP contribution < -0.4 is 4.74 Å². The van der Waals surface area contributed by atoms with Crippen LogP contribution in [0.3, 0.4) is 0 Å². The Bertz CT molecular complexity index is 626. The highest BCUT2D eigenvalue weighted by atomic mass is 16.5. The van der Waals surface area contributed by atoms with E-state index < -0.39 is 0 Å². The topological polar surface area (TPSA) is 25.4 Å². The maximum absolute atomic E-state index is 5.44. The summed E-state index contributed by atoms with van der Waals surface area (Å²) in [7, 11) is 3.92. The molecule has 1 aliphatic rings. The summed E-state index contributed by atoms with van der Waals surface area (Å²) in [6.07, 6.45) is 3.33. The zero-order valence-corrected chi connectivity index (χ0v) is 13.5. The van der Waals surface area contributed by atoms with Crippen molar-refractivity contribution in [1.82, 2.24) is 9.88 Å². The summed E-state index contributed by atoms with van der Waals surface area (Å²) in [5.74, 6) is 1.50. The molecule has 1 aromatic carbocycles. The van der Waals surface area contributed by atoms with E-state index in [0.29, 0.717) is 5.92 Å². The third-order valence-electron chi connectivity index (χ3n) is 4.44. The highest BCUT2D eigenvalue weighted by Gasteiger charge is 2.20. The minimum absolute atomic E-state index is 0.566. The van der Waals surface area contributed by atoms with Gasteiger partial charge in [-0.2, -0.15) is 0 Å². The molecule has 2 heterocycles. The van der Waals surface area contributed by atoms with E-state index in [1.165, 1.54) is 30.6 Å². The van der Waals surface area contributed by atoms with Crippen LogP contribution in [0.5, 0.6) is 5.75 Å². The van der Waals surface area contributed by atoms with Crippen LogP contribution in [0.25, 0.3) is 0 Å². The highest BCUT2D eigenvalue weighted by Crippen LogP contribution is 2.26. The summed E-state index contributed by atoms with van der Waals surface area (Å²) in [6, 6.07) is 14.6. The first-order valence-corrected chi connectivity index (χ1v) is 8.02. The molecule has 22 heavy (non-hydrogen) atoms. The number of rotatable bonds is 4. The lowest BCUT2D eigenvalue weighted by atomic mass is 9.94. The van der Waals surface area contributed by atoms with Crippen LogP contribution >= 0.6 is 0 Å². The Morgan fingerprint density at radius 2 is 2.05 bits per heavy atom. The van der Waals surface area contributed by atoms with Gasteiger partial charge in [-0.05, 0) is 44.6 Å². The zero-order chi connectivity index (χ0) is 15.4. The van der Waals surface area contributed by atoms with Crippen LogP contribution in [0.15, 0.2) is 42.5 Å². The van der Waals surface area contributed by atoms with Gasteiger partial charge in [-0.15, -0.1) is 0 Å². The summed E-state index contributed by atoms with van der Waals surface area (Å²) in [5.41, 5.74) is 3.55. The number of hydrogen-bond acceptors (Lipinski definition) is 3. The number of methoxy groups -OCH3 is 1. The maximum Gasteiger partial charge on any atom is 0.122 e. The van der Waals surface area contributed by atoms with Gasteiger partial charge >= 0.3 is 0 Å². The first-order chi connectivity index (χ1) is 10.8. The van der Waals surface area contributed by atoms with Gasteiger partial charge in [-0.25, -0.2) is 0 Å². The Kier molecular flexibility index (Phi) is 4.74. The number of aromatic nitrogens is 1. The minimum atomic E-state index is 0.566. The van der Waals surface area contributed by atoms with Gasteiger partial charge in [0.1, 0.15) is 5.75 Å². The molecule has 1 aliphatic heterocycles. The van der Waals surface area contributed by atoms with Gasteiger partial charge in [0.15, 0.2) is 0 Å². The molecular weight excluding hydrogens is 272 g/mol. The van der Waals surface area contributed by atoms with Gasteiger partial charge in [0.05, 0.1) is 7.11 Å². The molecule has 3 heteroatoms. The predicted octanol–water partition coefficient (Wildman–Crippen LogP) is 3.49. The van der Waals surface area contributed by atoms with Crippen molar-refractivity contribution in [3.05, 3.63) is 59.4 Å². The van der Waals surface area contributed by atoms with Gasteiger partial charge in [0.2, 0.25) is 0 Å². The van der Waals surface area contributed by atoms with E-state index in [2.05, 4.69) is 42.3 Å². The Morgan fingerprint density at radius 1 is 1.18 bits per heavy atom. The van der Waals surface area contributed by atoms with Crippen molar-refractivity contribution in [1.29, 1.82) is 0 Å². The van der Waals surface area contributed by atoms with Crippen molar-refractivity contribution >= 4 is 0 Å². The predicted molar refractivity (Wildman–Crippen MR) is 89.5 cm³/mol. The lowest BCUT2D eigenvalue weighted by Crippen LogP contribution is -2.31. The lowest BCUT2D eigenvalue weighted by molar-refractivity contribution is 0.248. The molecule has 1 saturated heterocycles. The van der Waals surface area contributed by atoms with Crippen LogP contribution in [-0.4, -0.2) is 37.1 Å². The third kappa shape index (κ3) is 3.47. The lowest BCUT2D eigenvalue weighted by Gasteiger charge is -2.29. The van der Waals surface area contributed by atoms with Crippen molar-refractivity contribution in [3.8, 4) is 5.75 Å². The molecule has 1 fully saturated rings. The number of ether oxygens (including phenoxy) is 1. The number of pyridine rings is 1. The fraction of sp³-hybridized carbons (Fsp3) is 0.421. The van der Waals surface area contributed by atoms with Crippen molar-refractivity contribution in [2.24, 2.45) is 0 Å². The normalized spacial score (nSPS) is 19.1. The fourth-order valence-corrected chi connectivity index (χ4v) is 3.28. The largest absolute Gasteiger partial charge is 0.496 e. The number of hydrogen-bond donors (Lipinski definition) is 0. The molecule has 1 aromatic heterocycles. The summed E-state index contributed by atoms with van der Waals surface area (Å²) in [5, 5.41) is 0. The Balaban J connectivity index is 1.79. The van der Waals surface area contributed by atoms with Crippen molar-refractivity contribution in [3.63, 3.8) is 0 Å². The number of piperidine rings is 1. The number of likely N-dealkylation sites (N-methyl/N-ethyl adjacent to an activating group) is 1. The average molecular weight is 296 g/mol. The van der Waals surface area contributed by atoms with E-state index >= 15 is 0 Å². The van der Waals surface area contributed by atoms with Crippen LogP contribution in [-0.2, 0) is 6.42 Å². The molecule has 0 N–H and O–H groups in total. The van der Waals surface area contributed by atoms with Crippen molar-refractivity contribution in [2.75, 3.05) is 27.2 Å². The van der Waals surface area contributed by atoms with Gasteiger partial charge < -0.3 is 9.64 Å². The molecule has 0 amide bonds. The quantitative estimate of drug-likeness (QED) is 0.863. The molecule has 0 unspecified atom stereocenters. The Labute approximate surface area is 132 Å². The molecule has 2 aromatic rings. The van der Waals surface area contributed by atoms with Crippen molar-refractivity contribution in [2.45, 2.75) is 25.2 Å². The smallest absolute Gasteiger partial charge is 0.122 e. The molecular formula is C19H24N2O. The summed E-state index contributed by atoms with van der Waals surface area (Å²) in [6.45, 7) is 2.32. The van der Waals surface area contributed by atoms with E-state index in [0.717, 1.165) is 24.4 Å². The first kappa shape index (κ1) is 15.0. The molecule has 0 aliphatic carbocycles. The summed E-state index contributed by atoms with van der Waals surface area (Å²) >= 11 is 0. The van der Waals surface area contributed by atoms with Gasteiger partial charge in [0, 0.05) is 35.8 Å². The van der Waals surface area contributed by atoms with E-state index in [9.17, 15) is 0 Å². The second-order valence-electron chi connectivity index (χ2n) is 6.14. The molecule has 116 valence electrons. The number of likely N-dealkylation sites (tertiary alicyclic amines) is 1. The third-order valence-corrected chi connectivity index (χ3v) is 4.44. The Hall–Kier alpha value is -1.87. The number of nitrogens with zero attached hydrogens (tertiary/aromatic N) is 2. The van der Waals surface area contributed by atoms with E-state index in [1.807, 2.05) is 12.1 Å². The van der Waals surface area contributed by atoms with Gasteiger partial charge in [-0.1, -0.05) is 24.3 Å². The van der Waals surface area contributed by atoms with Crippen LogP contribution in [0.2, 0.25) is 0 Å². The molecule has 0 bridgehead atoms. The van der Waals surface area contributed by atoms with E-state index in [4.69, 9.17) is 9.72 Å². The second-order valence-corrected chi connectivity index (χ2v) is 6.14. The molecule has 1 atom stereocenters. The monoisotopic (exact) mass is 296 g/mol. The molecule has 0 radical (unpaired) electrons. The molecule has 0 saturated carbocycles.